The van der Waals surface area contributed by atoms with Gasteiger partial charge >= 0.3 is 41.8 Å². The highest BCUT2D eigenvalue weighted by Gasteiger charge is 2.11. The molecule has 21 nitrogen and oxygen atoms in total. The van der Waals surface area contributed by atoms with Crippen LogP contribution in [0, 0.1) is 0 Å². The molecular formula is C71H70BrClO21. The maximum absolute atomic E-state index is 12.3. The summed E-state index contributed by atoms with van der Waals surface area (Å²) >= 11 is 7.53. The fourth-order valence-corrected chi connectivity index (χ4v) is 6.66. The van der Waals surface area contributed by atoms with E-state index in [-0.39, 0.29) is 69.1 Å². The smallest absolute Gasteiger partial charge is 0.348 e. The van der Waals surface area contributed by atoms with Crippen molar-refractivity contribution >= 4 is 69.6 Å². The second-order valence-corrected chi connectivity index (χ2v) is 18.6. The van der Waals surface area contributed by atoms with Gasteiger partial charge in [0.25, 0.3) is 0 Å². The molecule has 23 heteroatoms. The van der Waals surface area contributed by atoms with Crippen LogP contribution in [0.5, 0.6) is 34.5 Å². The van der Waals surface area contributed by atoms with Crippen LogP contribution >= 0.6 is 27.8 Å². The summed E-state index contributed by atoms with van der Waals surface area (Å²) in [5.41, 5.74) is 5.70. The monoisotopic (exact) mass is 1370 g/mol. The number of carbonyl (C=O) groups excluding carboxylic acids is 5. The third-order valence-electron chi connectivity index (χ3n) is 11.0. The zero-order valence-electron chi connectivity index (χ0n) is 50.9. The van der Waals surface area contributed by atoms with E-state index in [1.54, 1.807) is 79.7 Å². The van der Waals surface area contributed by atoms with Gasteiger partial charge in [-0.3, -0.25) is 0 Å². The Morgan fingerprint density at radius 1 is 0.404 bits per heavy atom. The molecule has 0 heterocycles. The molecule has 0 unspecified atom stereocenters. The number of halogens is 2. The number of carbonyl (C=O) groups is 7. The van der Waals surface area contributed by atoms with Crippen molar-refractivity contribution in [3.8, 4) is 56.8 Å². The summed E-state index contributed by atoms with van der Waals surface area (Å²) in [5, 5.41) is 52.2. The molecule has 0 radical (unpaired) electrons. The summed E-state index contributed by atoms with van der Waals surface area (Å²) in [6.07, 6.45) is 3.14. The van der Waals surface area contributed by atoms with E-state index in [1.807, 2.05) is 84.9 Å². The van der Waals surface area contributed by atoms with Crippen LogP contribution < -0.4 is 18.9 Å². The van der Waals surface area contributed by atoms with E-state index in [1.165, 1.54) is 54.1 Å². The number of phenols is 2. The van der Waals surface area contributed by atoms with Gasteiger partial charge in [0.1, 0.15) is 79.4 Å². The molecule has 0 aliphatic rings. The first-order valence-corrected chi connectivity index (χ1v) is 29.4. The third kappa shape index (κ3) is 34.2. The quantitative estimate of drug-likeness (QED) is 0.00865. The van der Waals surface area contributed by atoms with Gasteiger partial charge in [-0.15, -0.1) is 0 Å². The lowest BCUT2D eigenvalue weighted by Gasteiger charge is -2.08. The van der Waals surface area contributed by atoms with Gasteiger partial charge in [-0.05, 0) is 151 Å². The minimum Gasteiger partial charge on any atom is -0.508 e. The number of esters is 4. The number of aliphatic hydroxyl groups is 2. The predicted octanol–water partition coefficient (Wildman–Crippen LogP) is 12.8. The van der Waals surface area contributed by atoms with Crippen molar-refractivity contribution in [3.63, 3.8) is 0 Å². The highest BCUT2D eigenvalue weighted by atomic mass is 79.9. The number of carboxylic acids is 2. The lowest BCUT2D eigenvalue weighted by molar-refractivity contribution is -0.139. The van der Waals surface area contributed by atoms with Crippen LogP contribution in [0.4, 0.5) is 0 Å². The van der Waals surface area contributed by atoms with Gasteiger partial charge < -0.3 is 68.1 Å². The number of alkyl halides is 1. The molecule has 0 fully saturated rings. The Kier molecular flexibility index (Phi) is 40.2. The van der Waals surface area contributed by atoms with Gasteiger partial charge in [0, 0.05) is 23.6 Å². The Bertz CT molecular complexity index is 3510. The molecule has 8 aromatic rings. The van der Waals surface area contributed by atoms with Gasteiger partial charge in [0.05, 0.1) is 42.1 Å². The Labute approximate surface area is 556 Å². The van der Waals surface area contributed by atoms with Crippen molar-refractivity contribution in [1.29, 1.82) is 0 Å². The van der Waals surface area contributed by atoms with Gasteiger partial charge in [-0.2, -0.15) is 0 Å². The molecule has 94 heavy (non-hydrogen) atoms. The SMILES string of the molecule is C=CC(=O)OCCOc1ccc(C(=O)O)cc1.C=CC(=O)OCCOc1ccc(C(=O)Oc2ccc(-c3ccccc3)cc2)cc1.C=CC(=O)OCl.CCOC(=O)c1ccc(O)cc1.O=C(O)c1ccc(OCCO)cc1.OCCBr.Oc1ccc(-c2ccccc2)cc1. The van der Waals surface area contributed by atoms with E-state index in [0.717, 1.165) is 34.9 Å². The summed E-state index contributed by atoms with van der Waals surface area (Å²) in [6, 6.07) is 59.1. The molecule has 6 N–H and O–H groups in total. The zero-order valence-corrected chi connectivity index (χ0v) is 53.3. The summed E-state index contributed by atoms with van der Waals surface area (Å²) in [4.78, 5) is 75.7. The maximum atomic E-state index is 12.3. The highest BCUT2D eigenvalue weighted by molar-refractivity contribution is 9.09. The van der Waals surface area contributed by atoms with E-state index in [9.17, 15) is 33.6 Å². The number of phenolic OH excluding ortho intramolecular Hbond substituents is 2. The van der Waals surface area contributed by atoms with Crippen LogP contribution in [0.2, 0.25) is 0 Å². The van der Waals surface area contributed by atoms with Crippen molar-refractivity contribution in [1.82, 2.24) is 0 Å². The first-order valence-electron chi connectivity index (χ1n) is 28.0. The molecule has 0 saturated carbocycles. The number of benzene rings is 8. The average Bonchev–Trinajstić information content (AvgIpc) is 2.10. The van der Waals surface area contributed by atoms with Crippen LogP contribution in [0.15, 0.2) is 244 Å². The van der Waals surface area contributed by atoms with Crippen LogP contribution in [0.25, 0.3) is 22.3 Å². The Balaban J connectivity index is 0.000000401. The predicted molar refractivity (Wildman–Crippen MR) is 357 cm³/mol. The average molecular weight is 1370 g/mol. The van der Waals surface area contributed by atoms with E-state index in [0.29, 0.717) is 51.8 Å². The molecule has 0 aliphatic carbocycles. The minimum absolute atomic E-state index is 0.0549. The molecular weight excluding hydrogens is 1300 g/mol. The molecule has 494 valence electrons. The Morgan fingerprint density at radius 2 is 0.723 bits per heavy atom. The van der Waals surface area contributed by atoms with Gasteiger partial charge in [0.15, 0.2) is 0 Å². The molecule has 0 aliphatic heterocycles. The van der Waals surface area contributed by atoms with E-state index in [4.69, 9.17) is 63.8 Å². The van der Waals surface area contributed by atoms with Crippen molar-refractivity contribution < 1.29 is 102 Å². The Morgan fingerprint density at radius 3 is 1.05 bits per heavy atom. The number of aliphatic hydroxyl groups excluding tert-OH is 2. The number of hydrogen-bond donors (Lipinski definition) is 6. The van der Waals surface area contributed by atoms with Crippen LogP contribution in [0.3, 0.4) is 0 Å². The van der Waals surface area contributed by atoms with Crippen molar-refractivity contribution in [2.45, 2.75) is 6.92 Å². The lowest BCUT2D eigenvalue weighted by atomic mass is 10.1. The lowest BCUT2D eigenvalue weighted by Crippen LogP contribution is -2.11. The summed E-state index contributed by atoms with van der Waals surface area (Å²) in [5.74, 6) is -1.85. The number of carboxylic acid groups (broad SMARTS) is 2. The number of rotatable bonds is 23. The first-order chi connectivity index (χ1) is 45.3. The van der Waals surface area contributed by atoms with Crippen molar-refractivity contribution in [2.75, 3.05) is 58.2 Å². The van der Waals surface area contributed by atoms with Crippen molar-refractivity contribution in [2.24, 2.45) is 0 Å². The summed E-state index contributed by atoms with van der Waals surface area (Å²) in [6.45, 7) is 12.8. The van der Waals surface area contributed by atoms with Gasteiger partial charge in [-0.1, -0.05) is 121 Å². The van der Waals surface area contributed by atoms with E-state index >= 15 is 0 Å². The van der Waals surface area contributed by atoms with E-state index < -0.39 is 35.8 Å². The second-order valence-electron chi connectivity index (χ2n) is 17.7. The fourth-order valence-electron chi connectivity index (χ4n) is 6.60. The number of hydrogen-bond acceptors (Lipinski definition) is 19. The molecule has 8 aromatic carbocycles. The number of aromatic hydroxyl groups is 2. The van der Waals surface area contributed by atoms with Crippen LogP contribution in [-0.4, -0.2) is 131 Å². The van der Waals surface area contributed by atoms with Crippen LogP contribution in [0.1, 0.15) is 48.4 Å². The summed E-state index contributed by atoms with van der Waals surface area (Å²) < 4.78 is 39.0. The number of ether oxygens (including phenoxy) is 7. The topological polar surface area (TPSA) is 315 Å². The highest BCUT2D eigenvalue weighted by Crippen LogP contribution is 2.24. The van der Waals surface area contributed by atoms with Gasteiger partial charge in [-0.25, -0.2) is 33.6 Å². The maximum Gasteiger partial charge on any atom is 0.348 e. The molecule has 0 spiro atoms. The molecule has 0 amide bonds. The standard InChI is InChI=1S/C24H20O5.C12H12O5.C12H10O.C9H10O4.C9H10O3.C3H3ClO2.C2H5BrO/c1-2-23(25)28-17-16-27-21-12-10-20(11-13-21)24(26)29-22-14-8-19(9-15-22)18-6-4-3-5-7-18;1-2-11(13)17-8-7-16-10-5-3-9(4-6-10)12(14)15;13-12-8-6-11(7-9-12)10-4-2-1-3-5-10;10-5-6-13-8-3-1-7(2-4-8)9(11)12;1-2-12-9(11)7-3-5-8(10)6-4-7;1-2-3(5)6-4;3-1-2-4/h2-15H,1,16-17H2;2-6H,1,7-8H2,(H,14,15);1-9,13H;1-4,10H,5-6H2,(H,11,12);3-6,10H,2H2,1H3;2H,1H2;4H,1-2H2. The normalized spacial score (nSPS) is 9.46. The first kappa shape index (κ1) is 79.1. The van der Waals surface area contributed by atoms with E-state index in [2.05, 4.69) is 51.8 Å². The fraction of sp³-hybridized carbons (Fsp3) is 0.141. The molecule has 8 rings (SSSR count). The third-order valence-corrected chi connectivity index (χ3v) is 11.5. The second kappa shape index (κ2) is 47.8. The molecule has 0 aromatic heterocycles. The Hall–Kier alpha value is -11.0. The van der Waals surface area contributed by atoms with Gasteiger partial charge in [0.2, 0.25) is 0 Å². The largest absolute Gasteiger partial charge is 0.508 e. The molecule has 0 bridgehead atoms. The molecule has 0 atom stereocenters. The van der Waals surface area contributed by atoms with Crippen LogP contribution in [-0.2, 0) is 32.9 Å². The minimum atomic E-state index is -0.989. The zero-order chi connectivity index (χ0) is 69.3. The number of aromatic carboxylic acids is 2. The summed E-state index contributed by atoms with van der Waals surface area (Å²) in [7, 11) is 0. The van der Waals surface area contributed by atoms with Crippen molar-refractivity contribution in [3.05, 3.63) is 266 Å². The molecule has 0 saturated heterocycles.